The number of nitrogens with zero attached hydrogens (tertiary/aromatic N) is 2. The molecule has 130 valence electrons. The molecule has 0 bridgehead atoms. The van der Waals surface area contributed by atoms with Crippen LogP contribution in [0, 0.1) is 0 Å². The molecule has 0 saturated carbocycles. The Labute approximate surface area is 143 Å². The van der Waals surface area contributed by atoms with Crippen molar-refractivity contribution in [1.29, 1.82) is 0 Å². The predicted molar refractivity (Wildman–Crippen MR) is 90.4 cm³/mol. The fourth-order valence-corrected chi connectivity index (χ4v) is 3.00. The van der Waals surface area contributed by atoms with Gasteiger partial charge in [0.25, 0.3) is 5.56 Å². The summed E-state index contributed by atoms with van der Waals surface area (Å²) in [7, 11) is 0. The quantitative estimate of drug-likeness (QED) is 0.562. The number of aromatic nitrogens is 2. The van der Waals surface area contributed by atoms with Crippen molar-refractivity contribution < 1.29 is 19.1 Å². The number of unbranched alkanes of at least 4 members (excludes halogenated alkanes) is 1. The lowest BCUT2D eigenvalue weighted by Gasteiger charge is -2.14. The molecule has 2 aromatic heterocycles. The maximum Gasteiger partial charge on any atom is 0.339 e. The largest absolute Gasteiger partial charge is 0.464 e. The maximum atomic E-state index is 12.7. The number of carbonyl (C=O) groups excluding carboxylic acids is 2. The average Bonchev–Trinajstić information content (AvgIpc) is 3.00. The SMILES string of the molecule is CCCCOC(=O)C(C)n1cnc2scc(C(=O)OCC)c2c1=O. The van der Waals surface area contributed by atoms with E-state index in [4.69, 9.17) is 9.47 Å². The van der Waals surface area contributed by atoms with Crippen LogP contribution in [-0.4, -0.2) is 34.7 Å². The Morgan fingerprint density at radius 2 is 2.08 bits per heavy atom. The summed E-state index contributed by atoms with van der Waals surface area (Å²) in [4.78, 5) is 41.4. The molecule has 0 spiro atoms. The number of carbonyl (C=O) groups is 2. The molecule has 0 aliphatic heterocycles. The van der Waals surface area contributed by atoms with Crippen molar-refractivity contribution in [3.63, 3.8) is 0 Å². The zero-order valence-electron chi connectivity index (χ0n) is 13.9. The summed E-state index contributed by atoms with van der Waals surface area (Å²) in [5.74, 6) is -1.07. The Kier molecular flexibility index (Phi) is 6.08. The van der Waals surface area contributed by atoms with Crippen molar-refractivity contribution in [3.8, 4) is 0 Å². The van der Waals surface area contributed by atoms with E-state index in [2.05, 4.69) is 4.98 Å². The maximum absolute atomic E-state index is 12.7. The molecule has 8 heteroatoms. The molecule has 2 heterocycles. The Morgan fingerprint density at radius 3 is 2.75 bits per heavy atom. The lowest BCUT2D eigenvalue weighted by Crippen LogP contribution is -2.30. The van der Waals surface area contributed by atoms with E-state index in [-0.39, 0.29) is 17.6 Å². The third kappa shape index (κ3) is 3.64. The fraction of sp³-hybridized carbons (Fsp3) is 0.500. The molecule has 0 saturated heterocycles. The van der Waals surface area contributed by atoms with Crippen molar-refractivity contribution in [2.24, 2.45) is 0 Å². The van der Waals surface area contributed by atoms with Crippen LogP contribution in [0.3, 0.4) is 0 Å². The predicted octanol–water partition coefficient (Wildman–Crippen LogP) is 2.54. The highest BCUT2D eigenvalue weighted by Crippen LogP contribution is 2.22. The summed E-state index contributed by atoms with van der Waals surface area (Å²) < 4.78 is 11.3. The van der Waals surface area contributed by atoms with Crippen molar-refractivity contribution in [3.05, 3.63) is 27.6 Å². The molecule has 2 rings (SSSR count). The summed E-state index contributed by atoms with van der Waals surface area (Å²) in [5, 5.41) is 1.72. The molecule has 24 heavy (non-hydrogen) atoms. The third-order valence-corrected chi connectivity index (χ3v) is 4.40. The van der Waals surface area contributed by atoms with Crippen LogP contribution < -0.4 is 5.56 Å². The second-order valence-corrected chi connectivity index (χ2v) is 6.06. The van der Waals surface area contributed by atoms with Crippen LogP contribution in [0.4, 0.5) is 0 Å². The van der Waals surface area contributed by atoms with Crippen molar-refractivity contribution >= 4 is 33.5 Å². The Bertz CT molecular complexity index is 795. The van der Waals surface area contributed by atoms with Crippen LogP contribution in [0.15, 0.2) is 16.5 Å². The second-order valence-electron chi connectivity index (χ2n) is 5.20. The van der Waals surface area contributed by atoms with Gasteiger partial charge in [0.2, 0.25) is 0 Å². The number of esters is 2. The highest BCUT2D eigenvalue weighted by molar-refractivity contribution is 7.17. The normalized spacial score (nSPS) is 12.1. The van der Waals surface area contributed by atoms with Gasteiger partial charge in [-0.1, -0.05) is 13.3 Å². The average molecular weight is 352 g/mol. The molecule has 0 aliphatic rings. The lowest BCUT2D eigenvalue weighted by molar-refractivity contribution is -0.147. The van der Waals surface area contributed by atoms with Crippen LogP contribution in [0.1, 0.15) is 50.0 Å². The highest BCUT2D eigenvalue weighted by atomic mass is 32.1. The topological polar surface area (TPSA) is 87.5 Å². The van der Waals surface area contributed by atoms with E-state index < -0.39 is 23.5 Å². The number of fused-ring (bicyclic) bond motifs is 1. The summed E-state index contributed by atoms with van der Waals surface area (Å²) in [6.45, 7) is 5.78. The van der Waals surface area contributed by atoms with Gasteiger partial charge in [-0.3, -0.25) is 9.36 Å². The van der Waals surface area contributed by atoms with Crippen molar-refractivity contribution in [2.45, 2.75) is 39.7 Å². The van der Waals surface area contributed by atoms with Gasteiger partial charge in [0.15, 0.2) is 0 Å². The number of thiophene rings is 1. The molecule has 0 N–H and O–H groups in total. The lowest BCUT2D eigenvalue weighted by atomic mass is 10.2. The van der Waals surface area contributed by atoms with Gasteiger partial charge < -0.3 is 9.47 Å². The molecular weight excluding hydrogens is 332 g/mol. The van der Waals surface area contributed by atoms with E-state index in [1.807, 2.05) is 6.92 Å². The van der Waals surface area contributed by atoms with Gasteiger partial charge in [0.05, 0.1) is 30.5 Å². The van der Waals surface area contributed by atoms with Gasteiger partial charge in [-0.2, -0.15) is 0 Å². The van der Waals surface area contributed by atoms with Crippen molar-refractivity contribution in [2.75, 3.05) is 13.2 Å². The highest BCUT2D eigenvalue weighted by Gasteiger charge is 2.23. The molecule has 2 aromatic rings. The summed E-state index contributed by atoms with van der Waals surface area (Å²) in [5.41, 5.74) is -0.278. The summed E-state index contributed by atoms with van der Waals surface area (Å²) in [6.07, 6.45) is 2.98. The van der Waals surface area contributed by atoms with Gasteiger partial charge in [-0.05, 0) is 20.3 Å². The molecule has 1 unspecified atom stereocenters. The van der Waals surface area contributed by atoms with Crippen LogP contribution in [0.2, 0.25) is 0 Å². The summed E-state index contributed by atoms with van der Waals surface area (Å²) in [6, 6.07) is -0.818. The van der Waals surface area contributed by atoms with E-state index in [0.717, 1.165) is 12.8 Å². The zero-order valence-corrected chi connectivity index (χ0v) is 14.7. The van der Waals surface area contributed by atoms with Crippen LogP contribution in [0.5, 0.6) is 0 Å². The first-order valence-corrected chi connectivity index (χ1v) is 8.71. The minimum Gasteiger partial charge on any atom is -0.464 e. The molecule has 0 fully saturated rings. The van der Waals surface area contributed by atoms with Crippen LogP contribution >= 0.6 is 11.3 Å². The Balaban J connectivity index is 2.36. The molecule has 0 aliphatic carbocycles. The van der Waals surface area contributed by atoms with Gasteiger partial charge in [0, 0.05) is 5.38 Å². The molecular formula is C16H20N2O5S. The van der Waals surface area contributed by atoms with E-state index >= 15 is 0 Å². The van der Waals surface area contributed by atoms with E-state index in [1.54, 1.807) is 19.2 Å². The monoisotopic (exact) mass is 352 g/mol. The standard InChI is InChI=1S/C16H20N2O5S/c1-4-6-7-23-15(20)10(3)18-9-17-13-12(14(18)19)11(8-24-13)16(21)22-5-2/h8-10H,4-7H2,1-3H3. The molecule has 0 amide bonds. The molecule has 7 nitrogen and oxygen atoms in total. The number of ether oxygens (including phenoxy) is 2. The summed E-state index contributed by atoms with van der Waals surface area (Å²) >= 11 is 1.19. The Hall–Kier alpha value is -2.22. The number of hydrogen-bond acceptors (Lipinski definition) is 7. The number of rotatable bonds is 7. The van der Waals surface area contributed by atoms with Gasteiger partial charge >= 0.3 is 11.9 Å². The minimum absolute atomic E-state index is 0.175. The van der Waals surface area contributed by atoms with E-state index in [0.29, 0.717) is 11.4 Å². The smallest absolute Gasteiger partial charge is 0.339 e. The Morgan fingerprint density at radius 1 is 1.33 bits per heavy atom. The fourth-order valence-electron chi connectivity index (χ4n) is 2.13. The molecule has 0 aromatic carbocycles. The van der Waals surface area contributed by atoms with Crippen molar-refractivity contribution in [1.82, 2.24) is 9.55 Å². The van der Waals surface area contributed by atoms with Gasteiger partial charge in [-0.15, -0.1) is 11.3 Å². The first kappa shape index (κ1) is 18.1. The van der Waals surface area contributed by atoms with Crippen LogP contribution in [0.25, 0.3) is 10.2 Å². The number of hydrogen-bond donors (Lipinski definition) is 0. The second kappa shape index (κ2) is 8.05. The first-order chi connectivity index (χ1) is 11.5. The van der Waals surface area contributed by atoms with Gasteiger partial charge in [-0.25, -0.2) is 14.6 Å². The van der Waals surface area contributed by atoms with Gasteiger partial charge in [0.1, 0.15) is 10.9 Å². The molecule has 1 atom stereocenters. The van der Waals surface area contributed by atoms with Crippen LogP contribution in [-0.2, 0) is 14.3 Å². The zero-order chi connectivity index (χ0) is 17.7. The minimum atomic E-state index is -0.818. The van der Waals surface area contributed by atoms with E-state index in [9.17, 15) is 14.4 Å². The first-order valence-electron chi connectivity index (χ1n) is 7.83. The molecule has 0 radical (unpaired) electrons. The van der Waals surface area contributed by atoms with E-state index in [1.165, 1.54) is 22.2 Å². The third-order valence-electron chi connectivity index (χ3n) is 3.52.